The summed E-state index contributed by atoms with van der Waals surface area (Å²) in [6.45, 7) is 1.47. The van der Waals surface area contributed by atoms with Crippen LogP contribution in [0, 0.1) is 0 Å². The first-order valence-electron chi connectivity index (χ1n) is 5.55. The van der Waals surface area contributed by atoms with Crippen molar-refractivity contribution in [3.05, 3.63) is 51.6 Å². The standard InChI is InChI=1S/C12H11ClN4S/c13-9-5-10(18-8-9)6-14-7-12-16-15-11-3-1-2-4-17(11)12/h1-5,8,14H,6-7H2. The van der Waals surface area contributed by atoms with E-state index in [2.05, 4.69) is 15.5 Å². The van der Waals surface area contributed by atoms with Gasteiger partial charge in [0.15, 0.2) is 11.5 Å². The van der Waals surface area contributed by atoms with E-state index >= 15 is 0 Å². The van der Waals surface area contributed by atoms with Crippen LogP contribution in [0.5, 0.6) is 0 Å². The van der Waals surface area contributed by atoms with E-state index in [0.29, 0.717) is 6.54 Å². The lowest BCUT2D eigenvalue weighted by molar-refractivity contribution is 0.662. The van der Waals surface area contributed by atoms with Gasteiger partial charge >= 0.3 is 0 Å². The number of halogens is 1. The van der Waals surface area contributed by atoms with Crippen molar-refractivity contribution in [2.75, 3.05) is 0 Å². The molecule has 6 heteroatoms. The number of fused-ring (bicyclic) bond motifs is 1. The Morgan fingerprint density at radius 3 is 3.06 bits per heavy atom. The first kappa shape index (κ1) is 11.6. The van der Waals surface area contributed by atoms with Crippen molar-refractivity contribution in [1.29, 1.82) is 0 Å². The predicted molar refractivity (Wildman–Crippen MR) is 72.9 cm³/mol. The van der Waals surface area contributed by atoms with E-state index < -0.39 is 0 Å². The van der Waals surface area contributed by atoms with Gasteiger partial charge in [0.2, 0.25) is 0 Å². The molecule has 0 radical (unpaired) electrons. The fourth-order valence-electron chi connectivity index (χ4n) is 1.76. The van der Waals surface area contributed by atoms with Crippen LogP contribution in [-0.2, 0) is 13.1 Å². The highest BCUT2D eigenvalue weighted by Crippen LogP contribution is 2.18. The molecule has 18 heavy (non-hydrogen) atoms. The second-order valence-corrected chi connectivity index (χ2v) is 5.31. The molecule has 3 aromatic heterocycles. The molecule has 4 nitrogen and oxygen atoms in total. The summed E-state index contributed by atoms with van der Waals surface area (Å²) in [6, 6.07) is 7.84. The zero-order valence-electron chi connectivity index (χ0n) is 9.51. The third-order valence-corrected chi connectivity index (χ3v) is 3.87. The lowest BCUT2D eigenvalue weighted by atomic mass is 10.4. The van der Waals surface area contributed by atoms with Crippen LogP contribution in [0.3, 0.4) is 0 Å². The van der Waals surface area contributed by atoms with E-state index in [1.165, 1.54) is 4.88 Å². The maximum absolute atomic E-state index is 5.87. The first-order valence-corrected chi connectivity index (χ1v) is 6.81. The van der Waals surface area contributed by atoms with E-state index in [4.69, 9.17) is 11.6 Å². The topological polar surface area (TPSA) is 42.2 Å². The first-order chi connectivity index (χ1) is 8.83. The van der Waals surface area contributed by atoms with Crippen LogP contribution in [-0.4, -0.2) is 14.6 Å². The highest BCUT2D eigenvalue weighted by molar-refractivity contribution is 7.10. The molecule has 1 N–H and O–H groups in total. The molecule has 0 spiro atoms. The number of thiophene rings is 1. The monoisotopic (exact) mass is 278 g/mol. The van der Waals surface area contributed by atoms with E-state index in [9.17, 15) is 0 Å². The summed E-state index contributed by atoms with van der Waals surface area (Å²) in [4.78, 5) is 1.22. The number of rotatable bonds is 4. The third kappa shape index (κ3) is 2.38. The Morgan fingerprint density at radius 1 is 1.28 bits per heavy atom. The normalized spacial score (nSPS) is 11.2. The summed E-state index contributed by atoms with van der Waals surface area (Å²) in [5.74, 6) is 0.910. The van der Waals surface area contributed by atoms with Crippen molar-refractivity contribution in [2.45, 2.75) is 13.1 Å². The molecule has 92 valence electrons. The summed E-state index contributed by atoms with van der Waals surface area (Å²) in [7, 11) is 0. The third-order valence-electron chi connectivity index (χ3n) is 2.59. The van der Waals surface area contributed by atoms with Crippen LogP contribution < -0.4 is 5.32 Å². The molecule has 3 heterocycles. The van der Waals surface area contributed by atoms with Crippen LogP contribution in [0.2, 0.25) is 5.02 Å². The minimum Gasteiger partial charge on any atom is -0.305 e. The molecular formula is C12H11ClN4S. The van der Waals surface area contributed by atoms with Gasteiger partial charge in [0.25, 0.3) is 0 Å². The van der Waals surface area contributed by atoms with Gasteiger partial charge < -0.3 is 5.32 Å². The van der Waals surface area contributed by atoms with Crippen molar-refractivity contribution in [2.24, 2.45) is 0 Å². The molecule has 0 aliphatic heterocycles. The molecule has 3 rings (SSSR count). The molecule has 0 amide bonds. The van der Waals surface area contributed by atoms with E-state index in [1.807, 2.05) is 40.2 Å². The van der Waals surface area contributed by atoms with E-state index in [1.54, 1.807) is 11.3 Å². The smallest absolute Gasteiger partial charge is 0.160 e. The quantitative estimate of drug-likeness (QED) is 0.798. The fourth-order valence-corrected chi connectivity index (χ4v) is 2.80. The number of hydrogen-bond donors (Lipinski definition) is 1. The van der Waals surface area contributed by atoms with Gasteiger partial charge in [-0.2, -0.15) is 0 Å². The molecule has 0 bridgehead atoms. The Balaban J connectivity index is 1.66. The Hall–Kier alpha value is -1.43. The number of hydrogen-bond acceptors (Lipinski definition) is 4. The van der Waals surface area contributed by atoms with Crippen LogP contribution in [0.1, 0.15) is 10.7 Å². The fraction of sp³-hybridized carbons (Fsp3) is 0.167. The van der Waals surface area contributed by atoms with Crippen molar-refractivity contribution in [3.8, 4) is 0 Å². The molecule has 0 saturated heterocycles. The zero-order valence-corrected chi connectivity index (χ0v) is 11.1. The van der Waals surface area contributed by atoms with Gasteiger partial charge in [-0.15, -0.1) is 21.5 Å². The lowest BCUT2D eigenvalue weighted by Gasteiger charge is -2.01. The van der Waals surface area contributed by atoms with Gasteiger partial charge in [0, 0.05) is 23.0 Å². The Morgan fingerprint density at radius 2 is 2.22 bits per heavy atom. The molecule has 0 fully saturated rings. The minimum atomic E-state index is 0.681. The summed E-state index contributed by atoms with van der Waals surface area (Å²) in [6.07, 6.45) is 1.97. The molecule has 0 aliphatic carbocycles. The van der Waals surface area contributed by atoms with Crippen LogP contribution in [0.25, 0.3) is 5.65 Å². The Kier molecular flexibility index (Phi) is 3.27. The average Bonchev–Trinajstić information content (AvgIpc) is 2.97. The van der Waals surface area contributed by atoms with Crippen molar-refractivity contribution < 1.29 is 0 Å². The molecule has 0 aromatic carbocycles. The molecule has 0 atom stereocenters. The van der Waals surface area contributed by atoms with Crippen LogP contribution in [0.15, 0.2) is 35.8 Å². The number of nitrogens with one attached hydrogen (secondary N) is 1. The SMILES string of the molecule is Clc1csc(CNCc2nnc3ccccn23)c1. The number of nitrogens with zero attached hydrogens (tertiary/aromatic N) is 3. The highest BCUT2D eigenvalue weighted by Gasteiger charge is 2.04. The second kappa shape index (κ2) is 5.06. The zero-order chi connectivity index (χ0) is 12.4. The summed E-state index contributed by atoms with van der Waals surface area (Å²) in [5.41, 5.74) is 0.869. The van der Waals surface area contributed by atoms with Gasteiger partial charge in [0.1, 0.15) is 0 Å². The van der Waals surface area contributed by atoms with Gasteiger partial charge in [-0.3, -0.25) is 4.40 Å². The van der Waals surface area contributed by atoms with Crippen molar-refractivity contribution in [3.63, 3.8) is 0 Å². The van der Waals surface area contributed by atoms with Gasteiger partial charge in [-0.1, -0.05) is 17.7 Å². The molecular weight excluding hydrogens is 268 g/mol. The van der Waals surface area contributed by atoms with Gasteiger partial charge in [-0.05, 0) is 18.2 Å². The number of aromatic nitrogens is 3. The molecule has 0 aliphatic rings. The molecule has 0 saturated carbocycles. The average molecular weight is 279 g/mol. The summed E-state index contributed by atoms with van der Waals surface area (Å²) in [5, 5.41) is 14.3. The maximum Gasteiger partial charge on any atom is 0.160 e. The highest BCUT2D eigenvalue weighted by atomic mass is 35.5. The number of pyridine rings is 1. The predicted octanol–water partition coefficient (Wildman–Crippen LogP) is 2.73. The second-order valence-electron chi connectivity index (χ2n) is 3.88. The van der Waals surface area contributed by atoms with Gasteiger partial charge in [-0.25, -0.2) is 0 Å². The Labute approximate surface area is 113 Å². The maximum atomic E-state index is 5.87. The summed E-state index contributed by atoms with van der Waals surface area (Å²) >= 11 is 7.53. The molecule has 0 unspecified atom stereocenters. The minimum absolute atomic E-state index is 0.681. The Bertz CT molecular complexity index is 661. The van der Waals surface area contributed by atoms with Crippen molar-refractivity contribution in [1.82, 2.24) is 19.9 Å². The summed E-state index contributed by atoms with van der Waals surface area (Å²) < 4.78 is 1.98. The largest absolute Gasteiger partial charge is 0.305 e. The molecule has 3 aromatic rings. The van der Waals surface area contributed by atoms with E-state index in [-0.39, 0.29) is 0 Å². The van der Waals surface area contributed by atoms with Crippen LogP contribution in [0.4, 0.5) is 0 Å². The van der Waals surface area contributed by atoms with Crippen molar-refractivity contribution >= 4 is 28.6 Å². The van der Waals surface area contributed by atoms with E-state index in [0.717, 1.165) is 23.0 Å². The van der Waals surface area contributed by atoms with Crippen LogP contribution >= 0.6 is 22.9 Å². The van der Waals surface area contributed by atoms with Gasteiger partial charge in [0.05, 0.1) is 11.6 Å². The lowest BCUT2D eigenvalue weighted by Crippen LogP contribution is -2.14.